The van der Waals surface area contributed by atoms with Gasteiger partial charge in [0.1, 0.15) is 5.00 Å². The predicted octanol–water partition coefficient (Wildman–Crippen LogP) is 3.25. The third-order valence-corrected chi connectivity index (χ3v) is 4.47. The summed E-state index contributed by atoms with van der Waals surface area (Å²) in [6, 6.07) is 0. The fraction of sp³-hybridized carbons (Fsp3) is 0.583. The number of carboxylic acids is 1. The summed E-state index contributed by atoms with van der Waals surface area (Å²) in [6.45, 7) is 2.12. The normalized spacial score (nSPS) is 20.2. The Kier molecular flexibility index (Phi) is 3.19. The van der Waals surface area contributed by atoms with Crippen LogP contribution in [0.25, 0.3) is 0 Å². The van der Waals surface area contributed by atoms with E-state index in [1.54, 1.807) is 0 Å². The molecule has 0 aliphatic heterocycles. The first kappa shape index (κ1) is 11.5. The van der Waals surface area contributed by atoms with E-state index in [1.807, 2.05) is 0 Å². The lowest BCUT2D eigenvalue weighted by Gasteiger charge is -2.13. The molecule has 1 atom stereocenters. The van der Waals surface area contributed by atoms with Gasteiger partial charge >= 0.3 is 5.97 Å². The van der Waals surface area contributed by atoms with Gasteiger partial charge in [-0.1, -0.05) is 13.3 Å². The number of nitrogen functional groups attached to an aromatic ring is 1. The van der Waals surface area contributed by atoms with Crippen molar-refractivity contribution in [3.05, 3.63) is 16.0 Å². The lowest BCUT2D eigenvalue weighted by atomic mass is 9.91. The van der Waals surface area contributed by atoms with Crippen molar-refractivity contribution in [1.82, 2.24) is 0 Å². The van der Waals surface area contributed by atoms with E-state index in [0.29, 0.717) is 16.5 Å². The lowest BCUT2D eigenvalue weighted by molar-refractivity contribution is 0.0696. The summed E-state index contributed by atoms with van der Waals surface area (Å²) < 4.78 is 0. The molecular formula is C12H17NO2S. The number of hydrogen-bond acceptors (Lipinski definition) is 3. The largest absolute Gasteiger partial charge is 0.478 e. The van der Waals surface area contributed by atoms with Crippen LogP contribution in [0.3, 0.4) is 0 Å². The highest BCUT2D eigenvalue weighted by Crippen LogP contribution is 2.42. The first-order valence-corrected chi connectivity index (χ1v) is 6.61. The molecule has 0 amide bonds. The first-order chi connectivity index (χ1) is 7.65. The highest BCUT2D eigenvalue weighted by atomic mass is 32.1. The SMILES string of the molecule is CCC1CCCCc2sc(N)c(C(=O)O)c21. The van der Waals surface area contributed by atoms with E-state index in [9.17, 15) is 9.90 Å². The van der Waals surface area contributed by atoms with Gasteiger partial charge in [-0.3, -0.25) is 0 Å². The smallest absolute Gasteiger partial charge is 0.338 e. The summed E-state index contributed by atoms with van der Waals surface area (Å²) in [5, 5.41) is 9.73. The van der Waals surface area contributed by atoms with Gasteiger partial charge in [-0.25, -0.2) is 4.79 Å². The molecule has 1 aromatic heterocycles. The van der Waals surface area contributed by atoms with E-state index in [0.717, 1.165) is 31.2 Å². The standard InChI is InChI=1S/C12H17NO2S/c1-2-7-5-3-4-6-8-9(7)10(12(14)15)11(13)16-8/h7H,2-6,13H2,1H3,(H,14,15). The molecule has 88 valence electrons. The molecule has 16 heavy (non-hydrogen) atoms. The second-order valence-corrected chi connectivity index (χ2v) is 5.47. The van der Waals surface area contributed by atoms with Crippen molar-refractivity contribution in [2.45, 2.75) is 44.9 Å². The summed E-state index contributed by atoms with van der Waals surface area (Å²) in [6.07, 6.45) is 5.44. The van der Waals surface area contributed by atoms with Crippen LogP contribution >= 0.6 is 11.3 Å². The van der Waals surface area contributed by atoms with Crippen molar-refractivity contribution in [3.8, 4) is 0 Å². The highest BCUT2D eigenvalue weighted by molar-refractivity contribution is 7.16. The molecule has 1 unspecified atom stereocenters. The molecule has 3 N–H and O–H groups in total. The molecule has 4 heteroatoms. The summed E-state index contributed by atoms with van der Waals surface area (Å²) >= 11 is 1.47. The van der Waals surface area contributed by atoms with Crippen molar-refractivity contribution in [2.75, 3.05) is 5.73 Å². The summed E-state index contributed by atoms with van der Waals surface area (Å²) in [5.74, 6) is -0.479. The number of aromatic carboxylic acids is 1. The third-order valence-electron chi connectivity index (χ3n) is 3.37. The van der Waals surface area contributed by atoms with Gasteiger partial charge in [0.2, 0.25) is 0 Å². The highest BCUT2D eigenvalue weighted by Gasteiger charge is 2.28. The topological polar surface area (TPSA) is 63.3 Å². The number of aryl methyl sites for hydroxylation is 1. The zero-order valence-electron chi connectivity index (χ0n) is 9.45. The Hall–Kier alpha value is -1.03. The van der Waals surface area contributed by atoms with Crippen LogP contribution in [-0.2, 0) is 6.42 Å². The molecule has 1 heterocycles. The van der Waals surface area contributed by atoms with Crippen LogP contribution in [0.2, 0.25) is 0 Å². The third kappa shape index (κ3) is 1.82. The average Bonchev–Trinajstić information content (AvgIpc) is 2.43. The summed E-state index contributed by atoms with van der Waals surface area (Å²) in [4.78, 5) is 12.5. The number of fused-ring (bicyclic) bond motifs is 1. The molecule has 0 fully saturated rings. The molecule has 0 saturated heterocycles. The second kappa shape index (κ2) is 4.45. The number of thiophene rings is 1. The number of nitrogens with two attached hydrogens (primary N) is 1. The monoisotopic (exact) mass is 239 g/mol. The van der Waals surface area contributed by atoms with Crippen molar-refractivity contribution >= 4 is 22.3 Å². The molecule has 1 aliphatic carbocycles. The maximum Gasteiger partial charge on any atom is 0.338 e. The van der Waals surface area contributed by atoms with E-state index < -0.39 is 5.97 Å². The van der Waals surface area contributed by atoms with E-state index in [-0.39, 0.29) is 0 Å². The van der Waals surface area contributed by atoms with Gasteiger partial charge in [0.25, 0.3) is 0 Å². The Balaban J connectivity index is 2.55. The van der Waals surface area contributed by atoms with E-state index in [2.05, 4.69) is 6.92 Å². The van der Waals surface area contributed by atoms with Gasteiger partial charge in [0.15, 0.2) is 0 Å². The van der Waals surface area contributed by atoms with Crippen LogP contribution in [0, 0.1) is 0 Å². The number of rotatable bonds is 2. The Morgan fingerprint density at radius 3 is 2.94 bits per heavy atom. The first-order valence-electron chi connectivity index (χ1n) is 5.79. The molecule has 0 bridgehead atoms. The fourth-order valence-corrected chi connectivity index (χ4v) is 3.77. The molecule has 0 saturated carbocycles. The minimum Gasteiger partial charge on any atom is -0.478 e. The maximum absolute atomic E-state index is 11.3. The molecule has 1 aliphatic rings. The van der Waals surface area contributed by atoms with Crippen molar-refractivity contribution < 1.29 is 9.90 Å². The van der Waals surface area contributed by atoms with Gasteiger partial charge < -0.3 is 10.8 Å². The average molecular weight is 239 g/mol. The van der Waals surface area contributed by atoms with Gasteiger partial charge in [-0.2, -0.15) is 0 Å². The number of anilines is 1. The van der Waals surface area contributed by atoms with Crippen LogP contribution in [0.4, 0.5) is 5.00 Å². The Morgan fingerprint density at radius 1 is 1.56 bits per heavy atom. The van der Waals surface area contributed by atoms with E-state index in [4.69, 9.17) is 5.73 Å². The van der Waals surface area contributed by atoms with E-state index in [1.165, 1.54) is 22.6 Å². The fourth-order valence-electron chi connectivity index (χ4n) is 2.58. The zero-order valence-corrected chi connectivity index (χ0v) is 10.3. The minimum atomic E-state index is -0.865. The van der Waals surface area contributed by atoms with Gasteiger partial charge in [-0.15, -0.1) is 11.3 Å². The molecule has 2 rings (SSSR count). The Bertz CT molecular complexity index is 411. The van der Waals surface area contributed by atoms with Gasteiger partial charge in [0, 0.05) is 4.88 Å². The maximum atomic E-state index is 11.3. The Morgan fingerprint density at radius 2 is 2.31 bits per heavy atom. The predicted molar refractivity (Wildman–Crippen MR) is 66.3 cm³/mol. The van der Waals surface area contributed by atoms with Crippen molar-refractivity contribution in [2.24, 2.45) is 0 Å². The zero-order chi connectivity index (χ0) is 11.7. The molecule has 0 aromatic carbocycles. The summed E-state index contributed by atoms with van der Waals surface area (Å²) in [7, 11) is 0. The molecule has 1 aromatic rings. The molecule has 0 spiro atoms. The van der Waals surface area contributed by atoms with Gasteiger partial charge in [0.05, 0.1) is 5.56 Å². The summed E-state index contributed by atoms with van der Waals surface area (Å²) in [5.41, 5.74) is 7.25. The number of carbonyl (C=O) groups is 1. The van der Waals surface area contributed by atoms with E-state index >= 15 is 0 Å². The quantitative estimate of drug-likeness (QED) is 0.779. The Labute approximate surface area is 99.3 Å². The van der Waals surface area contributed by atoms with Gasteiger partial charge in [-0.05, 0) is 37.2 Å². The van der Waals surface area contributed by atoms with Crippen LogP contribution in [0.1, 0.15) is 59.3 Å². The van der Waals surface area contributed by atoms with Crippen LogP contribution < -0.4 is 5.73 Å². The number of carboxylic acid groups (broad SMARTS) is 1. The lowest BCUT2D eigenvalue weighted by Crippen LogP contribution is -2.07. The number of hydrogen-bond donors (Lipinski definition) is 2. The van der Waals surface area contributed by atoms with Crippen LogP contribution in [0.15, 0.2) is 0 Å². The van der Waals surface area contributed by atoms with Crippen molar-refractivity contribution in [1.29, 1.82) is 0 Å². The molecule has 0 radical (unpaired) electrons. The van der Waals surface area contributed by atoms with Crippen molar-refractivity contribution in [3.63, 3.8) is 0 Å². The molecule has 3 nitrogen and oxygen atoms in total. The van der Waals surface area contributed by atoms with Crippen LogP contribution in [0.5, 0.6) is 0 Å². The molecular weight excluding hydrogens is 222 g/mol. The minimum absolute atomic E-state index is 0.383. The van der Waals surface area contributed by atoms with Crippen LogP contribution in [-0.4, -0.2) is 11.1 Å². The second-order valence-electron chi connectivity index (χ2n) is 4.33.